The van der Waals surface area contributed by atoms with E-state index in [0.29, 0.717) is 23.8 Å². The highest BCUT2D eigenvalue weighted by molar-refractivity contribution is 9.10. The van der Waals surface area contributed by atoms with Gasteiger partial charge < -0.3 is 9.47 Å². The standard InChI is InChI=1S/C15H14BrNO3/c1-3-19-15(18)11-5-7-14(17-9-11)20-13-6-4-10(2)8-12(13)16/h4-9H,3H2,1-2H3. The molecule has 0 saturated heterocycles. The molecule has 0 fully saturated rings. The number of hydrogen-bond donors (Lipinski definition) is 0. The number of hydrogen-bond acceptors (Lipinski definition) is 4. The van der Waals surface area contributed by atoms with Crippen molar-refractivity contribution in [3.63, 3.8) is 0 Å². The zero-order chi connectivity index (χ0) is 14.5. The van der Waals surface area contributed by atoms with Gasteiger partial charge in [-0.25, -0.2) is 9.78 Å². The molecule has 1 heterocycles. The maximum atomic E-state index is 11.5. The summed E-state index contributed by atoms with van der Waals surface area (Å²) in [5, 5.41) is 0. The summed E-state index contributed by atoms with van der Waals surface area (Å²) in [5.74, 6) is 0.706. The van der Waals surface area contributed by atoms with E-state index < -0.39 is 0 Å². The average Bonchev–Trinajstić information content (AvgIpc) is 2.43. The molecule has 0 aliphatic rings. The molecule has 4 nitrogen and oxygen atoms in total. The first-order chi connectivity index (χ1) is 9.60. The molecule has 0 spiro atoms. The zero-order valence-corrected chi connectivity index (χ0v) is 12.8. The molecule has 0 bridgehead atoms. The van der Waals surface area contributed by atoms with E-state index in [4.69, 9.17) is 9.47 Å². The van der Waals surface area contributed by atoms with Crippen molar-refractivity contribution in [3.05, 3.63) is 52.1 Å². The van der Waals surface area contributed by atoms with Crippen molar-refractivity contribution >= 4 is 21.9 Å². The predicted octanol–water partition coefficient (Wildman–Crippen LogP) is 4.12. The summed E-state index contributed by atoms with van der Waals surface area (Å²) in [6.45, 7) is 4.10. The van der Waals surface area contributed by atoms with Crippen LogP contribution in [0.25, 0.3) is 0 Å². The Kier molecular flexibility index (Phi) is 4.74. The number of carbonyl (C=O) groups is 1. The van der Waals surface area contributed by atoms with Crippen molar-refractivity contribution in [1.82, 2.24) is 4.98 Å². The van der Waals surface area contributed by atoms with Gasteiger partial charge in [-0.05, 0) is 53.5 Å². The van der Waals surface area contributed by atoms with Crippen LogP contribution in [-0.2, 0) is 4.74 Å². The van der Waals surface area contributed by atoms with Crippen LogP contribution in [0.3, 0.4) is 0 Å². The summed E-state index contributed by atoms with van der Waals surface area (Å²) >= 11 is 3.44. The van der Waals surface area contributed by atoms with Crippen molar-refractivity contribution in [3.8, 4) is 11.6 Å². The molecule has 104 valence electrons. The summed E-state index contributed by atoms with van der Waals surface area (Å²) in [6.07, 6.45) is 1.44. The first kappa shape index (κ1) is 14.5. The number of rotatable bonds is 4. The van der Waals surface area contributed by atoms with Gasteiger partial charge in [-0.15, -0.1) is 0 Å². The second-order valence-electron chi connectivity index (χ2n) is 4.14. The van der Waals surface area contributed by atoms with E-state index >= 15 is 0 Å². The first-order valence-electron chi connectivity index (χ1n) is 6.17. The molecule has 2 aromatic rings. The molecule has 0 N–H and O–H groups in total. The van der Waals surface area contributed by atoms with E-state index in [1.165, 1.54) is 6.20 Å². The summed E-state index contributed by atoms with van der Waals surface area (Å²) in [4.78, 5) is 15.6. The molecule has 0 aliphatic carbocycles. The summed E-state index contributed by atoms with van der Waals surface area (Å²) < 4.78 is 11.4. The number of esters is 1. The van der Waals surface area contributed by atoms with Gasteiger partial charge in [0.2, 0.25) is 5.88 Å². The number of nitrogens with zero attached hydrogens (tertiary/aromatic N) is 1. The molecular formula is C15H14BrNO3. The van der Waals surface area contributed by atoms with Crippen LogP contribution in [-0.4, -0.2) is 17.6 Å². The quantitative estimate of drug-likeness (QED) is 0.788. The number of ether oxygens (including phenoxy) is 2. The third-order valence-electron chi connectivity index (χ3n) is 2.55. The van der Waals surface area contributed by atoms with E-state index in [2.05, 4.69) is 20.9 Å². The third-order valence-corrected chi connectivity index (χ3v) is 3.17. The molecule has 0 radical (unpaired) electrons. The maximum absolute atomic E-state index is 11.5. The van der Waals surface area contributed by atoms with Crippen molar-refractivity contribution < 1.29 is 14.3 Å². The van der Waals surface area contributed by atoms with Crippen molar-refractivity contribution in [2.45, 2.75) is 13.8 Å². The van der Waals surface area contributed by atoms with Gasteiger partial charge in [0.15, 0.2) is 0 Å². The van der Waals surface area contributed by atoms with E-state index in [1.807, 2.05) is 25.1 Å². The molecule has 0 amide bonds. The number of halogens is 1. The van der Waals surface area contributed by atoms with Gasteiger partial charge >= 0.3 is 5.97 Å². The van der Waals surface area contributed by atoms with E-state index in [-0.39, 0.29) is 5.97 Å². The Hall–Kier alpha value is -1.88. The molecule has 1 aromatic heterocycles. The smallest absolute Gasteiger partial charge is 0.339 e. The van der Waals surface area contributed by atoms with Gasteiger partial charge in [-0.2, -0.15) is 0 Å². The van der Waals surface area contributed by atoms with Gasteiger partial charge in [0.1, 0.15) is 5.75 Å². The van der Waals surface area contributed by atoms with Crippen LogP contribution in [0.5, 0.6) is 11.6 Å². The van der Waals surface area contributed by atoms with Crippen LogP contribution in [0.4, 0.5) is 0 Å². The number of carbonyl (C=O) groups excluding carboxylic acids is 1. The minimum Gasteiger partial charge on any atom is -0.462 e. The predicted molar refractivity (Wildman–Crippen MR) is 79.1 cm³/mol. The first-order valence-corrected chi connectivity index (χ1v) is 6.96. The molecule has 5 heteroatoms. The van der Waals surface area contributed by atoms with E-state index in [0.717, 1.165) is 10.0 Å². The Morgan fingerprint density at radius 2 is 2.10 bits per heavy atom. The van der Waals surface area contributed by atoms with Crippen LogP contribution in [0, 0.1) is 6.92 Å². The Morgan fingerprint density at radius 3 is 2.70 bits per heavy atom. The van der Waals surface area contributed by atoms with Crippen LogP contribution < -0.4 is 4.74 Å². The maximum Gasteiger partial charge on any atom is 0.339 e. The lowest BCUT2D eigenvalue weighted by molar-refractivity contribution is 0.0526. The normalized spacial score (nSPS) is 10.2. The fourth-order valence-electron chi connectivity index (χ4n) is 1.58. The second kappa shape index (κ2) is 6.52. The topological polar surface area (TPSA) is 48.4 Å². The number of benzene rings is 1. The SMILES string of the molecule is CCOC(=O)c1ccc(Oc2ccc(C)cc2Br)nc1. The Morgan fingerprint density at radius 1 is 1.30 bits per heavy atom. The molecule has 0 unspecified atom stereocenters. The molecule has 20 heavy (non-hydrogen) atoms. The molecule has 1 aromatic carbocycles. The van der Waals surface area contributed by atoms with Crippen molar-refractivity contribution in [1.29, 1.82) is 0 Å². The lowest BCUT2D eigenvalue weighted by Crippen LogP contribution is -2.04. The summed E-state index contributed by atoms with van der Waals surface area (Å²) in [7, 11) is 0. The van der Waals surface area contributed by atoms with Gasteiger partial charge in [-0.3, -0.25) is 0 Å². The van der Waals surface area contributed by atoms with Gasteiger partial charge in [0.25, 0.3) is 0 Å². The minimum absolute atomic E-state index is 0.341. The molecule has 0 atom stereocenters. The lowest BCUT2D eigenvalue weighted by atomic mass is 10.2. The third kappa shape index (κ3) is 3.57. The van der Waals surface area contributed by atoms with Crippen molar-refractivity contribution in [2.75, 3.05) is 6.61 Å². The monoisotopic (exact) mass is 335 g/mol. The van der Waals surface area contributed by atoms with Gasteiger partial charge in [0, 0.05) is 12.3 Å². The number of aromatic nitrogens is 1. The molecule has 0 aliphatic heterocycles. The second-order valence-corrected chi connectivity index (χ2v) is 5.00. The van der Waals surface area contributed by atoms with E-state index in [9.17, 15) is 4.79 Å². The van der Waals surface area contributed by atoms with Crippen LogP contribution >= 0.6 is 15.9 Å². The van der Waals surface area contributed by atoms with Crippen LogP contribution in [0.1, 0.15) is 22.8 Å². The van der Waals surface area contributed by atoms with Crippen LogP contribution in [0.15, 0.2) is 41.0 Å². The minimum atomic E-state index is -0.386. The fraction of sp³-hybridized carbons (Fsp3) is 0.200. The average molecular weight is 336 g/mol. The van der Waals surface area contributed by atoms with Crippen molar-refractivity contribution in [2.24, 2.45) is 0 Å². The molecular weight excluding hydrogens is 322 g/mol. The Balaban J connectivity index is 2.12. The lowest BCUT2D eigenvalue weighted by Gasteiger charge is -2.08. The molecule has 0 saturated carbocycles. The highest BCUT2D eigenvalue weighted by Gasteiger charge is 2.08. The summed E-state index contributed by atoms with van der Waals surface area (Å²) in [5.41, 5.74) is 1.54. The highest BCUT2D eigenvalue weighted by atomic mass is 79.9. The fourth-order valence-corrected chi connectivity index (χ4v) is 2.15. The number of aryl methyl sites for hydroxylation is 1. The van der Waals surface area contributed by atoms with E-state index in [1.54, 1.807) is 19.1 Å². The van der Waals surface area contributed by atoms with Crippen LogP contribution in [0.2, 0.25) is 0 Å². The largest absolute Gasteiger partial charge is 0.462 e. The summed E-state index contributed by atoms with van der Waals surface area (Å²) in [6, 6.07) is 9.04. The van der Waals surface area contributed by atoms with Gasteiger partial charge in [0.05, 0.1) is 16.6 Å². The highest BCUT2D eigenvalue weighted by Crippen LogP contribution is 2.29. The molecule has 2 rings (SSSR count). The number of pyridine rings is 1. The Bertz CT molecular complexity index is 611. The van der Waals surface area contributed by atoms with Gasteiger partial charge in [-0.1, -0.05) is 6.07 Å². The zero-order valence-electron chi connectivity index (χ0n) is 11.2. The Labute approximate surface area is 125 Å².